The molecule has 0 saturated heterocycles. The summed E-state index contributed by atoms with van der Waals surface area (Å²) in [6.45, 7) is 10.3. The number of carboxylic acids is 1. The number of hydrogen-bond donors (Lipinski definition) is 1. The Bertz CT molecular complexity index is 577. The van der Waals surface area contributed by atoms with Crippen molar-refractivity contribution < 1.29 is 19.4 Å². The first-order valence-corrected chi connectivity index (χ1v) is 6.90. The third-order valence-corrected chi connectivity index (χ3v) is 2.97. The average molecular weight is 290 g/mol. The van der Waals surface area contributed by atoms with Crippen molar-refractivity contribution in [2.45, 2.75) is 40.0 Å². The molecular formula is C17H22O4. The maximum atomic E-state index is 12.2. The molecule has 0 aliphatic carbocycles. The fraction of sp³-hybridized carbons (Fsp3) is 0.412. The molecule has 4 heteroatoms. The van der Waals surface area contributed by atoms with Crippen LogP contribution in [0.3, 0.4) is 0 Å². The summed E-state index contributed by atoms with van der Waals surface area (Å²) in [6, 6.07) is 3.73. The second-order valence-electron chi connectivity index (χ2n) is 5.91. The topological polar surface area (TPSA) is 63.6 Å². The van der Waals surface area contributed by atoms with Crippen LogP contribution < -0.4 is 4.74 Å². The maximum Gasteiger partial charge on any atom is 0.328 e. The zero-order valence-corrected chi connectivity index (χ0v) is 13.2. The van der Waals surface area contributed by atoms with Crippen LogP contribution in [-0.4, -0.2) is 23.5 Å². The molecule has 0 saturated carbocycles. The van der Waals surface area contributed by atoms with Gasteiger partial charge >= 0.3 is 5.97 Å². The Morgan fingerprint density at radius 2 is 1.86 bits per heavy atom. The molecule has 0 aliphatic rings. The van der Waals surface area contributed by atoms with Crippen LogP contribution in [-0.2, 0) is 10.2 Å². The summed E-state index contributed by atoms with van der Waals surface area (Å²) in [5.74, 6) is -0.976. The summed E-state index contributed by atoms with van der Waals surface area (Å²) in [4.78, 5) is 22.8. The van der Waals surface area contributed by atoms with Gasteiger partial charge in [-0.1, -0.05) is 26.8 Å². The molecule has 21 heavy (non-hydrogen) atoms. The Hall–Kier alpha value is -2.10. The second-order valence-corrected chi connectivity index (χ2v) is 5.91. The SMILES string of the molecule is CCOc1c(C(=O)/C=C/C(=O)O)cc(C)cc1C(C)(C)C. The zero-order chi connectivity index (χ0) is 16.2. The molecule has 0 spiro atoms. The number of rotatable bonds is 5. The summed E-state index contributed by atoms with van der Waals surface area (Å²) >= 11 is 0. The number of ketones is 1. The fourth-order valence-corrected chi connectivity index (χ4v) is 2.05. The van der Waals surface area contributed by atoms with Crippen LogP contribution in [0.25, 0.3) is 0 Å². The van der Waals surface area contributed by atoms with E-state index >= 15 is 0 Å². The van der Waals surface area contributed by atoms with Crippen molar-refractivity contribution in [3.63, 3.8) is 0 Å². The van der Waals surface area contributed by atoms with Crippen LogP contribution >= 0.6 is 0 Å². The Morgan fingerprint density at radius 3 is 2.33 bits per heavy atom. The van der Waals surface area contributed by atoms with E-state index in [2.05, 4.69) is 0 Å². The third-order valence-electron chi connectivity index (χ3n) is 2.97. The lowest BCUT2D eigenvalue weighted by Gasteiger charge is -2.25. The first-order valence-electron chi connectivity index (χ1n) is 6.90. The normalized spacial score (nSPS) is 11.7. The van der Waals surface area contributed by atoms with Crippen LogP contribution in [0.4, 0.5) is 0 Å². The molecule has 1 rings (SSSR count). The standard InChI is InChI=1S/C17H22O4/c1-6-21-16-12(14(18)7-8-15(19)20)9-11(2)10-13(16)17(3,4)5/h7-10H,6H2,1-5H3,(H,19,20)/b8-7+. The zero-order valence-electron chi connectivity index (χ0n) is 13.2. The van der Waals surface area contributed by atoms with Crippen LogP contribution in [0.1, 0.15) is 49.2 Å². The number of carbonyl (C=O) groups excluding carboxylic acids is 1. The van der Waals surface area contributed by atoms with E-state index in [9.17, 15) is 9.59 Å². The highest BCUT2D eigenvalue weighted by molar-refractivity contribution is 6.09. The number of aryl methyl sites for hydroxylation is 1. The van der Waals surface area contributed by atoms with Crippen molar-refractivity contribution in [3.05, 3.63) is 41.0 Å². The van der Waals surface area contributed by atoms with Crippen molar-refractivity contribution in [3.8, 4) is 5.75 Å². The number of benzene rings is 1. The largest absolute Gasteiger partial charge is 0.493 e. The summed E-state index contributed by atoms with van der Waals surface area (Å²) < 4.78 is 5.68. The van der Waals surface area contributed by atoms with Crippen LogP contribution in [0.15, 0.2) is 24.3 Å². The lowest BCUT2D eigenvalue weighted by Crippen LogP contribution is -2.16. The summed E-state index contributed by atoms with van der Waals surface area (Å²) in [5.41, 5.74) is 2.10. The highest BCUT2D eigenvalue weighted by Gasteiger charge is 2.24. The second kappa shape index (κ2) is 6.57. The summed E-state index contributed by atoms with van der Waals surface area (Å²) in [6.07, 6.45) is 1.91. The first kappa shape index (κ1) is 17.0. The van der Waals surface area contributed by atoms with Crippen LogP contribution in [0, 0.1) is 6.92 Å². The molecule has 0 atom stereocenters. The van der Waals surface area contributed by atoms with E-state index < -0.39 is 5.97 Å². The Labute approximate surface area is 125 Å². The Morgan fingerprint density at radius 1 is 1.24 bits per heavy atom. The van der Waals surface area contributed by atoms with Crippen molar-refractivity contribution >= 4 is 11.8 Å². The number of aliphatic carboxylic acids is 1. The van der Waals surface area contributed by atoms with Crippen molar-refractivity contribution in [1.82, 2.24) is 0 Å². The van der Waals surface area contributed by atoms with E-state index in [1.54, 1.807) is 6.07 Å². The van der Waals surface area contributed by atoms with Gasteiger partial charge in [-0.15, -0.1) is 0 Å². The van der Waals surface area contributed by atoms with Crippen molar-refractivity contribution in [1.29, 1.82) is 0 Å². The Balaban J connectivity index is 3.46. The molecule has 0 amide bonds. The predicted molar refractivity (Wildman–Crippen MR) is 82.2 cm³/mol. The fourth-order valence-electron chi connectivity index (χ4n) is 2.05. The molecule has 0 radical (unpaired) electrons. The van der Waals surface area contributed by atoms with Crippen LogP contribution in [0.5, 0.6) is 5.75 Å². The minimum atomic E-state index is -1.15. The lowest BCUT2D eigenvalue weighted by molar-refractivity contribution is -0.131. The van der Waals surface area contributed by atoms with E-state index in [1.807, 2.05) is 40.7 Å². The molecule has 1 aromatic rings. The van der Waals surface area contributed by atoms with Gasteiger partial charge in [-0.2, -0.15) is 0 Å². The molecule has 4 nitrogen and oxygen atoms in total. The van der Waals surface area contributed by atoms with Gasteiger partial charge in [0.25, 0.3) is 0 Å². The van der Waals surface area contributed by atoms with Gasteiger partial charge < -0.3 is 9.84 Å². The molecule has 0 aliphatic heterocycles. The van der Waals surface area contributed by atoms with Gasteiger partial charge in [-0.05, 0) is 37.0 Å². The van der Waals surface area contributed by atoms with Crippen LogP contribution in [0.2, 0.25) is 0 Å². The molecule has 0 heterocycles. The van der Waals surface area contributed by atoms with Gasteiger partial charge in [0.1, 0.15) is 5.75 Å². The van der Waals surface area contributed by atoms with Crippen molar-refractivity contribution in [2.24, 2.45) is 0 Å². The highest BCUT2D eigenvalue weighted by Crippen LogP contribution is 2.35. The molecule has 1 N–H and O–H groups in total. The highest BCUT2D eigenvalue weighted by atomic mass is 16.5. The minimum absolute atomic E-state index is 0.179. The summed E-state index contributed by atoms with van der Waals surface area (Å²) in [7, 11) is 0. The number of allylic oxidation sites excluding steroid dienone is 1. The minimum Gasteiger partial charge on any atom is -0.493 e. The number of carboxylic acid groups (broad SMARTS) is 1. The quantitative estimate of drug-likeness (QED) is 0.665. The monoisotopic (exact) mass is 290 g/mol. The van der Waals surface area contributed by atoms with Gasteiger partial charge in [-0.3, -0.25) is 4.79 Å². The van der Waals surface area contributed by atoms with E-state index in [1.165, 1.54) is 0 Å². The van der Waals surface area contributed by atoms with E-state index in [0.717, 1.165) is 23.3 Å². The van der Waals surface area contributed by atoms with Gasteiger partial charge in [0, 0.05) is 11.6 Å². The molecule has 1 aromatic carbocycles. The lowest BCUT2D eigenvalue weighted by atomic mass is 9.83. The Kier molecular flexibility index (Phi) is 5.30. The van der Waals surface area contributed by atoms with E-state index in [4.69, 9.17) is 9.84 Å². The van der Waals surface area contributed by atoms with Gasteiger partial charge in [0.05, 0.1) is 12.2 Å². The molecule has 0 fully saturated rings. The number of hydrogen-bond acceptors (Lipinski definition) is 3. The van der Waals surface area contributed by atoms with Gasteiger partial charge in [0.15, 0.2) is 5.78 Å². The molecule has 114 valence electrons. The van der Waals surface area contributed by atoms with E-state index in [0.29, 0.717) is 17.9 Å². The molecule has 0 bridgehead atoms. The van der Waals surface area contributed by atoms with Gasteiger partial charge in [-0.25, -0.2) is 4.79 Å². The summed E-state index contributed by atoms with van der Waals surface area (Å²) in [5, 5.41) is 8.65. The van der Waals surface area contributed by atoms with Gasteiger partial charge in [0.2, 0.25) is 0 Å². The predicted octanol–water partition coefficient (Wildman–Crippen LogP) is 3.51. The smallest absolute Gasteiger partial charge is 0.328 e. The number of ether oxygens (including phenoxy) is 1. The first-order chi connectivity index (χ1) is 9.66. The number of carbonyl (C=O) groups is 2. The third kappa shape index (κ3) is 4.45. The molecule has 0 aromatic heterocycles. The van der Waals surface area contributed by atoms with Crippen molar-refractivity contribution in [2.75, 3.05) is 6.61 Å². The molecule has 0 unspecified atom stereocenters. The van der Waals surface area contributed by atoms with E-state index in [-0.39, 0.29) is 11.2 Å². The molecular weight excluding hydrogens is 268 g/mol. The average Bonchev–Trinajstić information content (AvgIpc) is 2.36. The maximum absolute atomic E-state index is 12.2.